The molecule has 0 amide bonds. The standard InChI is InChI=1S/C10H8BrNO/c1-13-10-8-4-5-12-6-7(8)2-3-9(10)11/h2-6H,1H3. The highest BCUT2D eigenvalue weighted by Gasteiger charge is 2.04. The number of rotatable bonds is 1. The molecule has 1 aromatic heterocycles. The lowest BCUT2D eigenvalue weighted by atomic mass is 10.1. The maximum absolute atomic E-state index is 5.28. The van der Waals surface area contributed by atoms with E-state index in [-0.39, 0.29) is 0 Å². The molecule has 66 valence electrons. The van der Waals surface area contributed by atoms with Gasteiger partial charge in [0.15, 0.2) is 0 Å². The zero-order valence-electron chi connectivity index (χ0n) is 7.12. The summed E-state index contributed by atoms with van der Waals surface area (Å²) in [5.74, 6) is 0.861. The Labute approximate surface area is 84.7 Å². The monoisotopic (exact) mass is 237 g/mol. The third-order valence-corrected chi connectivity index (χ3v) is 2.55. The number of halogens is 1. The van der Waals surface area contributed by atoms with Crippen LogP contribution in [0.1, 0.15) is 0 Å². The van der Waals surface area contributed by atoms with Gasteiger partial charge in [0.25, 0.3) is 0 Å². The number of aromatic nitrogens is 1. The van der Waals surface area contributed by atoms with Crippen molar-refractivity contribution in [2.75, 3.05) is 7.11 Å². The van der Waals surface area contributed by atoms with E-state index >= 15 is 0 Å². The van der Waals surface area contributed by atoms with Crippen molar-refractivity contribution in [1.82, 2.24) is 4.98 Å². The van der Waals surface area contributed by atoms with Crippen molar-refractivity contribution in [2.45, 2.75) is 0 Å². The highest BCUT2D eigenvalue weighted by Crippen LogP contribution is 2.32. The van der Waals surface area contributed by atoms with Crippen LogP contribution in [0.5, 0.6) is 5.75 Å². The first kappa shape index (κ1) is 8.51. The fourth-order valence-electron chi connectivity index (χ4n) is 1.32. The zero-order chi connectivity index (χ0) is 9.26. The topological polar surface area (TPSA) is 22.1 Å². The van der Waals surface area contributed by atoms with E-state index in [9.17, 15) is 0 Å². The lowest BCUT2D eigenvalue weighted by Crippen LogP contribution is -1.86. The maximum atomic E-state index is 5.28. The van der Waals surface area contributed by atoms with E-state index < -0.39 is 0 Å². The van der Waals surface area contributed by atoms with Gasteiger partial charge in [-0.3, -0.25) is 4.98 Å². The maximum Gasteiger partial charge on any atom is 0.140 e. The molecule has 0 aliphatic rings. The van der Waals surface area contributed by atoms with Crippen LogP contribution < -0.4 is 4.74 Å². The van der Waals surface area contributed by atoms with Gasteiger partial charge in [-0.2, -0.15) is 0 Å². The number of pyridine rings is 1. The average molecular weight is 238 g/mol. The number of methoxy groups -OCH3 is 1. The summed E-state index contributed by atoms with van der Waals surface area (Å²) < 4.78 is 6.25. The number of hydrogen-bond donors (Lipinski definition) is 0. The summed E-state index contributed by atoms with van der Waals surface area (Å²) in [6, 6.07) is 5.91. The lowest BCUT2D eigenvalue weighted by molar-refractivity contribution is 0.417. The molecule has 0 aliphatic heterocycles. The highest BCUT2D eigenvalue weighted by atomic mass is 79.9. The number of ether oxygens (including phenoxy) is 1. The van der Waals surface area contributed by atoms with Gasteiger partial charge in [-0.15, -0.1) is 0 Å². The van der Waals surface area contributed by atoms with Crippen molar-refractivity contribution in [3.8, 4) is 5.75 Å². The molecule has 2 rings (SSSR count). The van der Waals surface area contributed by atoms with E-state index in [4.69, 9.17) is 4.74 Å². The molecule has 3 heteroatoms. The molecule has 1 heterocycles. The molecule has 0 aliphatic carbocycles. The molecule has 0 fully saturated rings. The van der Waals surface area contributed by atoms with Crippen LogP contribution >= 0.6 is 15.9 Å². The summed E-state index contributed by atoms with van der Waals surface area (Å²) in [6.45, 7) is 0. The summed E-state index contributed by atoms with van der Waals surface area (Å²) in [5.41, 5.74) is 0. The molecule has 0 saturated carbocycles. The molecular formula is C10H8BrNO. The average Bonchev–Trinajstić information content (AvgIpc) is 2.18. The minimum Gasteiger partial charge on any atom is -0.495 e. The van der Waals surface area contributed by atoms with E-state index in [1.165, 1.54) is 0 Å². The third kappa shape index (κ3) is 1.40. The quantitative estimate of drug-likeness (QED) is 0.761. The normalized spacial score (nSPS) is 10.3. The Morgan fingerprint density at radius 2 is 2.15 bits per heavy atom. The van der Waals surface area contributed by atoms with Gasteiger partial charge in [0.1, 0.15) is 5.75 Å². The van der Waals surface area contributed by atoms with Crippen LogP contribution in [0.2, 0.25) is 0 Å². The van der Waals surface area contributed by atoms with Gasteiger partial charge < -0.3 is 4.74 Å². The largest absolute Gasteiger partial charge is 0.495 e. The number of fused-ring (bicyclic) bond motifs is 1. The van der Waals surface area contributed by atoms with Crippen molar-refractivity contribution in [3.63, 3.8) is 0 Å². The Balaban J connectivity index is 2.84. The predicted molar refractivity (Wildman–Crippen MR) is 56.0 cm³/mol. The Hall–Kier alpha value is -1.09. The number of nitrogens with zero attached hydrogens (tertiary/aromatic N) is 1. The molecule has 0 unspecified atom stereocenters. The van der Waals surface area contributed by atoms with Crippen molar-refractivity contribution >= 4 is 26.7 Å². The SMILES string of the molecule is COc1c(Br)ccc2cnccc12. The van der Waals surface area contributed by atoms with Gasteiger partial charge >= 0.3 is 0 Å². The Kier molecular flexibility index (Phi) is 2.19. The van der Waals surface area contributed by atoms with Gasteiger partial charge in [-0.25, -0.2) is 0 Å². The Morgan fingerprint density at radius 3 is 2.92 bits per heavy atom. The van der Waals surface area contributed by atoms with Crippen LogP contribution in [0.25, 0.3) is 10.8 Å². The van der Waals surface area contributed by atoms with E-state index in [0.717, 1.165) is 21.0 Å². The third-order valence-electron chi connectivity index (χ3n) is 1.93. The number of hydrogen-bond acceptors (Lipinski definition) is 2. The van der Waals surface area contributed by atoms with E-state index in [1.807, 2.05) is 24.4 Å². The highest BCUT2D eigenvalue weighted by molar-refractivity contribution is 9.10. The molecule has 2 nitrogen and oxygen atoms in total. The molecule has 0 spiro atoms. The van der Waals surface area contributed by atoms with Crippen molar-refractivity contribution in [2.24, 2.45) is 0 Å². The van der Waals surface area contributed by atoms with Crippen molar-refractivity contribution in [1.29, 1.82) is 0 Å². The summed E-state index contributed by atoms with van der Waals surface area (Å²) in [4.78, 5) is 4.05. The Bertz CT molecular complexity index is 442. The molecule has 0 saturated heterocycles. The molecule has 13 heavy (non-hydrogen) atoms. The van der Waals surface area contributed by atoms with Crippen LogP contribution in [-0.2, 0) is 0 Å². The Morgan fingerprint density at radius 1 is 1.31 bits per heavy atom. The van der Waals surface area contributed by atoms with E-state index in [1.54, 1.807) is 13.3 Å². The van der Waals surface area contributed by atoms with Crippen LogP contribution in [0.4, 0.5) is 0 Å². The lowest BCUT2D eigenvalue weighted by Gasteiger charge is -2.06. The molecule has 0 radical (unpaired) electrons. The first-order chi connectivity index (χ1) is 6.33. The predicted octanol–water partition coefficient (Wildman–Crippen LogP) is 3.01. The smallest absolute Gasteiger partial charge is 0.140 e. The first-order valence-electron chi connectivity index (χ1n) is 3.89. The van der Waals surface area contributed by atoms with Crippen LogP contribution in [-0.4, -0.2) is 12.1 Å². The van der Waals surface area contributed by atoms with Crippen LogP contribution in [0.15, 0.2) is 35.1 Å². The second-order valence-electron chi connectivity index (χ2n) is 2.68. The molecule has 0 N–H and O–H groups in total. The molecule has 0 bridgehead atoms. The minimum absolute atomic E-state index is 0.861. The summed E-state index contributed by atoms with van der Waals surface area (Å²) >= 11 is 3.43. The van der Waals surface area contributed by atoms with Gasteiger partial charge in [0.05, 0.1) is 11.6 Å². The molecule has 2 aromatic rings. The second-order valence-corrected chi connectivity index (χ2v) is 3.53. The van der Waals surface area contributed by atoms with Crippen molar-refractivity contribution < 1.29 is 4.74 Å². The van der Waals surface area contributed by atoms with E-state index in [0.29, 0.717) is 0 Å². The minimum atomic E-state index is 0.861. The zero-order valence-corrected chi connectivity index (χ0v) is 8.71. The fraction of sp³-hybridized carbons (Fsp3) is 0.100. The molecule has 1 aromatic carbocycles. The summed E-state index contributed by atoms with van der Waals surface area (Å²) in [7, 11) is 1.67. The molecule has 0 atom stereocenters. The van der Waals surface area contributed by atoms with Crippen molar-refractivity contribution in [3.05, 3.63) is 35.1 Å². The number of benzene rings is 1. The second kappa shape index (κ2) is 3.34. The van der Waals surface area contributed by atoms with Crippen LogP contribution in [0, 0.1) is 0 Å². The van der Waals surface area contributed by atoms with Gasteiger partial charge in [-0.05, 0) is 28.1 Å². The van der Waals surface area contributed by atoms with Gasteiger partial charge in [0, 0.05) is 23.2 Å². The van der Waals surface area contributed by atoms with Gasteiger partial charge in [0.2, 0.25) is 0 Å². The van der Waals surface area contributed by atoms with Crippen LogP contribution in [0.3, 0.4) is 0 Å². The first-order valence-corrected chi connectivity index (χ1v) is 4.68. The van der Waals surface area contributed by atoms with E-state index in [2.05, 4.69) is 20.9 Å². The molecular weight excluding hydrogens is 230 g/mol. The summed E-state index contributed by atoms with van der Waals surface area (Å²) in [6.07, 6.45) is 3.58. The van der Waals surface area contributed by atoms with Gasteiger partial charge in [-0.1, -0.05) is 6.07 Å². The summed E-state index contributed by atoms with van der Waals surface area (Å²) in [5, 5.41) is 2.16. The fourth-order valence-corrected chi connectivity index (χ4v) is 1.83.